The molecule has 1 aromatic heterocycles. The molecule has 0 bridgehead atoms. The Labute approximate surface area is 218 Å². The van der Waals surface area contributed by atoms with Crippen molar-refractivity contribution in [2.45, 2.75) is 25.9 Å². The van der Waals surface area contributed by atoms with Gasteiger partial charge in [-0.25, -0.2) is 9.78 Å². The highest BCUT2D eigenvalue weighted by Gasteiger charge is 2.48. The average molecular weight is 516 g/mol. The number of fused-ring (bicyclic) bond motifs is 1. The highest BCUT2D eigenvalue weighted by atomic mass is 32.1. The van der Waals surface area contributed by atoms with Gasteiger partial charge in [-0.1, -0.05) is 42.6 Å². The number of ether oxygens (including phenoxy) is 1. The van der Waals surface area contributed by atoms with Gasteiger partial charge in [-0.3, -0.25) is 14.9 Å². The van der Waals surface area contributed by atoms with E-state index in [9.17, 15) is 14.4 Å². The van der Waals surface area contributed by atoms with E-state index >= 15 is 0 Å². The maximum atomic E-state index is 13.1. The molecule has 2 atom stereocenters. The van der Waals surface area contributed by atoms with Crippen LogP contribution in [0.2, 0.25) is 0 Å². The molecule has 37 heavy (non-hydrogen) atoms. The molecule has 1 aromatic carbocycles. The summed E-state index contributed by atoms with van der Waals surface area (Å²) in [6.45, 7) is 4.27. The minimum atomic E-state index is -1.60. The van der Waals surface area contributed by atoms with Crippen LogP contribution < -0.4 is 21.1 Å². The minimum Gasteiger partial charge on any atom is -0.497 e. The summed E-state index contributed by atoms with van der Waals surface area (Å²) in [5, 5.41) is 7.27. The number of carbonyl (C=O) groups is 3. The van der Waals surface area contributed by atoms with Crippen LogP contribution in [0.5, 0.6) is 5.75 Å². The van der Waals surface area contributed by atoms with Crippen LogP contribution in [-0.2, 0) is 11.3 Å². The lowest BCUT2D eigenvalue weighted by Crippen LogP contribution is -2.54. The third-order valence-electron chi connectivity index (χ3n) is 6.65. The molecule has 188 valence electrons. The second-order valence-corrected chi connectivity index (χ2v) is 10.1. The van der Waals surface area contributed by atoms with Crippen LogP contribution in [0, 0.1) is 17.8 Å². The van der Waals surface area contributed by atoms with Gasteiger partial charge in [0.1, 0.15) is 5.75 Å². The topological polar surface area (TPSA) is 127 Å². The Balaban J connectivity index is 1.49. The zero-order valence-corrected chi connectivity index (χ0v) is 21.4. The van der Waals surface area contributed by atoms with Gasteiger partial charge in [0, 0.05) is 28.6 Å². The van der Waals surface area contributed by atoms with Crippen molar-refractivity contribution in [3.63, 3.8) is 0 Å². The quantitative estimate of drug-likeness (QED) is 0.425. The van der Waals surface area contributed by atoms with Crippen molar-refractivity contribution in [1.29, 1.82) is 0 Å². The number of aromatic nitrogens is 1. The lowest BCUT2D eigenvalue weighted by Gasteiger charge is -2.26. The Morgan fingerprint density at radius 2 is 2.11 bits per heavy atom. The van der Waals surface area contributed by atoms with E-state index in [1.54, 1.807) is 12.1 Å². The summed E-state index contributed by atoms with van der Waals surface area (Å²) in [6.07, 6.45) is 5.92. The molecular formula is C27H25N5O4S. The Morgan fingerprint density at radius 3 is 2.78 bits per heavy atom. The van der Waals surface area contributed by atoms with E-state index < -0.39 is 17.5 Å². The molecule has 0 spiro atoms. The summed E-state index contributed by atoms with van der Waals surface area (Å²) >= 11 is 1.35. The molecule has 1 fully saturated rings. The number of nitrogen functional groups attached to an aromatic ring is 1. The number of anilines is 1. The second-order valence-electron chi connectivity index (χ2n) is 9.22. The standard InChI is InChI=1S/C27H25N5O4S/c1-15-8-17(10-19(9-16(15)2)22-13-37-25(28)29-22)6-7-27(24(34)30-26(35)31-27)14-32-12-18-4-5-20(36-3)11-21(18)23(32)33/h4-5,8-11,13,15H,12,14H2,1-3H3,(H2,28,29)(H2,30,31,34,35). The SMILES string of the molecule is COc1ccc2c(c1)C(=O)N(CC1(C#CC3=CC(C)C(C)=CC(c4csc(N)n4)=C3)NC(=O)NC1=O)C2. The van der Waals surface area contributed by atoms with Crippen molar-refractivity contribution in [3.8, 4) is 17.6 Å². The van der Waals surface area contributed by atoms with Crippen LogP contribution in [0.1, 0.15) is 35.5 Å². The van der Waals surface area contributed by atoms with E-state index in [0.29, 0.717) is 28.6 Å². The van der Waals surface area contributed by atoms with Crippen molar-refractivity contribution >= 4 is 39.9 Å². The van der Waals surface area contributed by atoms with Crippen LogP contribution in [0.4, 0.5) is 9.93 Å². The minimum absolute atomic E-state index is 0.0848. The third kappa shape index (κ3) is 4.61. The first kappa shape index (κ1) is 24.3. The van der Waals surface area contributed by atoms with Gasteiger partial charge in [0.2, 0.25) is 5.54 Å². The Bertz CT molecular complexity index is 1490. The molecule has 4 amide bonds. The first-order valence-electron chi connectivity index (χ1n) is 11.6. The number of imide groups is 1. The average Bonchev–Trinajstić information content (AvgIpc) is 3.48. The normalized spacial score (nSPS) is 22.7. The zero-order chi connectivity index (χ0) is 26.3. The van der Waals surface area contributed by atoms with E-state index in [2.05, 4.69) is 27.5 Å². The maximum Gasteiger partial charge on any atom is 0.323 e. The van der Waals surface area contributed by atoms with Crippen LogP contribution in [0.15, 0.2) is 53.0 Å². The molecule has 1 saturated heterocycles. The molecule has 3 heterocycles. The summed E-state index contributed by atoms with van der Waals surface area (Å²) < 4.78 is 5.24. The van der Waals surface area contributed by atoms with Crippen LogP contribution in [0.25, 0.3) is 5.57 Å². The molecule has 10 heteroatoms. The monoisotopic (exact) mass is 515 g/mol. The number of rotatable bonds is 4. The number of urea groups is 1. The molecule has 2 aromatic rings. The number of allylic oxidation sites excluding steroid dienone is 6. The van der Waals surface area contributed by atoms with E-state index in [1.165, 1.54) is 23.3 Å². The molecule has 0 saturated carbocycles. The fourth-order valence-electron chi connectivity index (χ4n) is 4.47. The molecule has 9 nitrogen and oxygen atoms in total. The zero-order valence-electron chi connectivity index (χ0n) is 20.5. The number of nitrogens with two attached hydrogens (primary N) is 1. The first-order valence-corrected chi connectivity index (χ1v) is 12.5. The van der Waals surface area contributed by atoms with Gasteiger partial charge in [0.15, 0.2) is 5.13 Å². The first-order chi connectivity index (χ1) is 17.7. The van der Waals surface area contributed by atoms with Crippen LogP contribution in [-0.4, -0.2) is 46.9 Å². The molecule has 5 rings (SSSR count). The number of nitrogens with zero attached hydrogens (tertiary/aromatic N) is 2. The molecule has 3 aliphatic rings. The van der Waals surface area contributed by atoms with Crippen LogP contribution >= 0.6 is 11.3 Å². The number of carbonyl (C=O) groups excluding carboxylic acids is 3. The molecule has 4 N–H and O–H groups in total. The van der Waals surface area contributed by atoms with E-state index in [0.717, 1.165) is 22.4 Å². The van der Waals surface area contributed by atoms with Crippen molar-refractivity contribution in [3.05, 3.63) is 69.8 Å². The summed E-state index contributed by atoms with van der Waals surface area (Å²) in [5.74, 6) is 5.88. The van der Waals surface area contributed by atoms with E-state index in [4.69, 9.17) is 10.5 Å². The predicted molar refractivity (Wildman–Crippen MR) is 140 cm³/mol. The number of thiazole rings is 1. The number of amides is 4. The third-order valence-corrected chi connectivity index (χ3v) is 7.32. The van der Waals surface area contributed by atoms with Gasteiger partial charge in [0.25, 0.3) is 11.8 Å². The van der Waals surface area contributed by atoms with Gasteiger partial charge in [-0.15, -0.1) is 11.3 Å². The lowest BCUT2D eigenvalue weighted by molar-refractivity contribution is -0.122. The van der Waals surface area contributed by atoms with Crippen molar-refractivity contribution in [2.24, 2.45) is 5.92 Å². The highest BCUT2D eigenvalue weighted by Crippen LogP contribution is 2.30. The summed E-state index contributed by atoms with van der Waals surface area (Å²) in [7, 11) is 1.53. The molecule has 1 aliphatic carbocycles. The Morgan fingerprint density at radius 1 is 1.30 bits per heavy atom. The number of methoxy groups -OCH3 is 1. The van der Waals surface area contributed by atoms with Crippen molar-refractivity contribution in [2.75, 3.05) is 19.4 Å². The fourth-order valence-corrected chi connectivity index (χ4v) is 5.04. The molecule has 2 unspecified atom stereocenters. The van der Waals surface area contributed by atoms with Crippen LogP contribution in [0.3, 0.4) is 0 Å². The molecule has 0 radical (unpaired) electrons. The van der Waals surface area contributed by atoms with E-state index in [-0.39, 0.29) is 18.4 Å². The van der Waals surface area contributed by atoms with Gasteiger partial charge < -0.3 is 20.7 Å². The smallest absolute Gasteiger partial charge is 0.323 e. The van der Waals surface area contributed by atoms with Crippen molar-refractivity contribution in [1.82, 2.24) is 20.5 Å². The van der Waals surface area contributed by atoms with Crippen molar-refractivity contribution < 1.29 is 19.1 Å². The second kappa shape index (κ2) is 9.26. The number of hydrogen-bond acceptors (Lipinski definition) is 7. The largest absolute Gasteiger partial charge is 0.497 e. The molecule has 2 aliphatic heterocycles. The summed E-state index contributed by atoms with van der Waals surface area (Å²) in [4.78, 5) is 44.2. The van der Waals surface area contributed by atoms with Gasteiger partial charge in [-0.05, 0) is 36.6 Å². The highest BCUT2D eigenvalue weighted by molar-refractivity contribution is 7.13. The van der Waals surface area contributed by atoms with Gasteiger partial charge >= 0.3 is 6.03 Å². The molecular weight excluding hydrogens is 490 g/mol. The Kier molecular flexibility index (Phi) is 6.09. The maximum absolute atomic E-state index is 13.1. The number of nitrogens with one attached hydrogen (secondary N) is 2. The number of hydrogen-bond donors (Lipinski definition) is 3. The van der Waals surface area contributed by atoms with Gasteiger partial charge in [-0.2, -0.15) is 0 Å². The van der Waals surface area contributed by atoms with Gasteiger partial charge in [0.05, 0.1) is 19.3 Å². The number of benzene rings is 1. The lowest BCUT2D eigenvalue weighted by atomic mass is 9.97. The fraction of sp³-hybridized carbons (Fsp3) is 0.259. The van der Waals surface area contributed by atoms with E-state index in [1.807, 2.05) is 43.5 Å². The summed E-state index contributed by atoms with van der Waals surface area (Å²) in [6, 6.07) is 4.63. The Hall–Kier alpha value is -4.36. The predicted octanol–water partition coefficient (Wildman–Crippen LogP) is 2.88. The summed E-state index contributed by atoms with van der Waals surface area (Å²) in [5.41, 5.74) is 8.93.